The third kappa shape index (κ3) is 3.58. The van der Waals surface area contributed by atoms with E-state index in [0.717, 1.165) is 30.1 Å². The molecule has 2 amide bonds. The molecule has 0 aromatic heterocycles. The molecule has 0 atom stereocenters. The van der Waals surface area contributed by atoms with Crippen molar-refractivity contribution >= 4 is 17.8 Å². The number of carbonyl (C=O) groups excluding carboxylic acids is 1. The SMILES string of the molecule is Cc1ccc(SCCNC(=O)NC23CC4CC(CC(C4)C2)C3)cc1. The Kier molecular flexibility index (Phi) is 4.50. The Hall–Kier alpha value is -1.16. The van der Waals surface area contributed by atoms with Crippen LogP contribution >= 0.6 is 11.8 Å². The summed E-state index contributed by atoms with van der Waals surface area (Å²) in [5.74, 6) is 3.52. The first kappa shape index (κ1) is 16.3. The van der Waals surface area contributed by atoms with Gasteiger partial charge in [0.25, 0.3) is 0 Å². The summed E-state index contributed by atoms with van der Waals surface area (Å²) in [5.41, 5.74) is 1.40. The summed E-state index contributed by atoms with van der Waals surface area (Å²) in [4.78, 5) is 13.6. The van der Waals surface area contributed by atoms with Gasteiger partial charge in [-0.25, -0.2) is 4.79 Å². The van der Waals surface area contributed by atoms with Gasteiger partial charge >= 0.3 is 6.03 Å². The van der Waals surface area contributed by atoms with Crippen molar-refractivity contribution in [2.75, 3.05) is 12.3 Å². The number of hydrogen-bond acceptors (Lipinski definition) is 2. The van der Waals surface area contributed by atoms with Crippen LogP contribution in [0.2, 0.25) is 0 Å². The van der Waals surface area contributed by atoms with Crippen molar-refractivity contribution in [3.8, 4) is 0 Å². The molecule has 4 aliphatic rings. The average molecular weight is 345 g/mol. The molecule has 4 fully saturated rings. The van der Waals surface area contributed by atoms with Crippen molar-refractivity contribution in [3.63, 3.8) is 0 Å². The van der Waals surface area contributed by atoms with Gasteiger partial charge in [0.05, 0.1) is 0 Å². The number of nitrogens with one attached hydrogen (secondary N) is 2. The van der Waals surface area contributed by atoms with Gasteiger partial charge in [-0.15, -0.1) is 11.8 Å². The summed E-state index contributed by atoms with van der Waals surface area (Å²) < 4.78 is 0. The second kappa shape index (κ2) is 6.62. The first-order chi connectivity index (χ1) is 11.6. The number of benzene rings is 1. The zero-order valence-electron chi connectivity index (χ0n) is 14.5. The topological polar surface area (TPSA) is 41.1 Å². The number of aryl methyl sites for hydroxylation is 1. The number of rotatable bonds is 5. The van der Waals surface area contributed by atoms with Crippen molar-refractivity contribution in [3.05, 3.63) is 29.8 Å². The molecule has 4 saturated carbocycles. The number of thioether (sulfide) groups is 1. The highest BCUT2D eigenvalue weighted by atomic mass is 32.2. The maximum atomic E-state index is 12.4. The van der Waals surface area contributed by atoms with Gasteiger partial charge < -0.3 is 10.6 Å². The molecule has 0 heterocycles. The Bertz CT molecular complexity index is 563. The van der Waals surface area contributed by atoms with E-state index in [-0.39, 0.29) is 11.6 Å². The highest BCUT2D eigenvalue weighted by Gasteiger charge is 2.51. The first-order valence-electron chi connectivity index (χ1n) is 9.36. The van der Waals surface area contributed by atoms with Crippen molar-refractivity contribution in [2.24, 2.45) is 17.8 Å². The molecule has 0 unspecified atom stereocenters. The van der Waals surface area contributed by atoms with Gasteiger partial charge in [0, 0.05) is 22.7 Å². The standard InChI is InChI=1S/C20H28N2OS/c1-14-2-4-18(5-3-14)24-7-6-21-19(23)22-20-11-15-8-16(12-20)10-17(9-15)13-20/h2-5,15-17H,6-13H2,1H3,(H2,21,22,23). The van der Waals surface area contributed by atoms with E-state index < -0.39 is 0 Å². The van der Waals surface area contributed by atoms with Gasteiger partial charge in [-0.05, 0) is 75.3 Å². The van der Waals surface area contributed by atoms with E-state index in [4.69, 9.17) is 0 Å². The normalized spacial score (nSPS) is 33.5. The van der Waals surface area contributed by atoms with Crippen LogP contribution in [0.4, 0.5) is 4.79 Å². The van der Waals surface area contributed by atoms with Crippen molar-refractivity contribution in [1.82, 2.24) is 10.6 Å². The molecule has 24 heavy (non-hydrogen) atoms. The smallest absolute Gasteiger partial charge is 0.315 e. The largest absolute Gasteiger partial charge is 0.337 e. The summed E-state index contributed by atoms with van der Waals surface area (Å²) in [6.07, 6.45) is 7.88. The lowest BCUT2D eigenvalue weighted by Crippen LogP contribution is -2.61. The Labute approximate surface area is 149 Å². The third-order valence-corrected chi connectivity index (χ3v) is 7.11. The molecule has 1 aromatic rings. The van der Waals surface area contributed by atoms with Gasteiger partial charge in [0.2, 0.25) is 0 Å². The van der Waals surface area contributed by atoms with Crippen LogP contribution in [0, 0.1) is 24.7 Å². The van der Waals surface area contributed by atoms with Crippen LogP contribution < -0.4 is 10.6 Å². The molecule has 5 rings (SSSR count). The first-order valence-corrected chi connectivity index (χ1v) is 10.3. The molecule has 2 N–H and O–H groups in total. The molecule has 130 valence electrons. The lowest BCUT2D eigenvalue weighted by atomic mass is 9.53. The summed E-state index contributed by atoms with van der Waals surface area (Å²) in [7, 11) is 0. The zero-order chi connectivity index (χ0) is 16.6. The Morgan fingerprint density at radius 1 is 1.08 bits per heavy atom. The van der Waals surface area contributed by atoms with Gasteiger partial charge in [-0.3, -0.25) is 0 Å². The maximum Gasteiger partial charge on any atom is 0.315 e. The van der Waals surface area contributed by atoms with Crippen molar-refractivity contribution in [1.29, 1.82) is 0 Å². The van der Waals surface area contributed by atoms with E-state index in [1.807, 2.05) is 0 Å². The fourth-order valence-corrected chi connectivity index (χ4v) is 6.29. The van der Waals surface area contributed by atoms with Crippen LogP contribution in [-0.2, 0) is 0 Å². The molecule has 0 radical (unpaired) electrons. The lowest BCUT2D eigenvalue weighted by Gasteiger charge is -2.56. The number of amides is 2. The molecule has 4 aliphatic carbocycles. The molecule has 0 spiro atoms. The Morgan fingerprint density at radius 3 is 2.25 bits per heavy atom. The predicted molar refractivity (Wildman–Crippen MR) is 99.3 cm³/mol. The summed E-state index contributed by atoms with van der Waals surface area (Å²) >= 11 is 1.80. The second-order valence-electron chi connectivity index (χ2n) is 8.24. The highest BCUT2D eigenvalue weighted by Crippen LogP contribution is 2.55. The molecule has 4 bridgehead atoms. The zero-order valence-corrected chi connectivity index (χ0v) is 15.3. The van der Waals surface area contributed by atoms with Crippen molar-refractivity contribution in [2.45, 2.75) is 55.9 Å². The van der Waals surface area contributed by atoms with Gasteiger partial charge in [0.1, 0.15) is 0 Å². The molecule has 1 aromatic carbocycles. The van der Waals surface area contributed by atoms with E-state index in [0.29, 0.717) is 0 Å². The van der Waals surface area contributed by atoms with Crippen LogP contribution in [0.3, 0.4) is 0 Å². The van der Waals surface area contributed by atoms with E-state index in [2.05, 4.69) is 41.8 Å². The van der Waals surface area contributed by atoms with E-state index in [1.54, 1.807) is 11.8 Å². The van der Waals surface area contributed by atoms with Crippen LogP contribution in [0.1, 0.15) is 44.1 Å². The summed E-state index contributed by atoms with van der Waals surface area (Å²) in [6.45, 7) is 2.82. The van der Waals surface area contributed by atoms with Crippen LogP contribution in [0.15, 0.2) is 29.2 Å². The predicted octanol–water partition coefficient (Wildman–Crippen LogP) is 4.36. The quantitative estimate of drug-likeness (QED) is 0.616. The Balaban J connectivity index is 1.22. The fourth-order valence-electron chi connectivity index (χ4n) is 5.52. The Morgan fingerprint density at radius 2 is 1.67 bits per heavy atom. The summed E-state index contributed by atoms with van der Waals surface area (Å²) in [5, 5.41) is 6.44. The number of carbonyl (C=O) groups is 1. The van der Waals surface area contributed by atoms with E-state index >= 15 is 0 Å². The lowest BCUT2D eigenvalue weighted by molar-refractivity contribution is -0.0134. The summed E-state index contributed by atoms with van der Waals surface area (Å²) in [6, 6.07) is 8.61. The van der Waals surface area contributed by atoms with Crippen LogP contribution in [0.5, 0.6) is 0 Å². The van der Waals surface area contributed by atoms with Crippen LogP contribution in [0.25, 0.3) is 0 Å². The fraction of sp³-hybridized carbons (Fsp3) is 0.650. The minimum absolute atomic E-state index is 0.0430. The van der Waals surface area contributed by atoms with E-state index in [9.17, 15) is 4.79 Å². The van der Waals surface area contributed by atoms with Crippen LogP contribution in [-0.4, -0.2) is 23.9 Å². The highest BCUT2D eigenvalue weighted by molar-refractivity contribution is 7.99. The third-order valence-electron chi connectivity index (χ3n) is 6.09. The van der Waals surface area contributed by atoms with E-state index in [1.165, 1.54) is 49.0 Å². The molecular formula is C20H28N2OS. The second-order valence-corrected chi connectivity index (χ2v) is 9.41. The van der Waals surface area contributed by atoms with Gasteiger partial charge in [0.15, 0.2) is 0 Å². The monoisotopic (exact) mass is 344 g/mol. The molecule has 4 heteroatoms. The molecule has 0 saturated heterocycles. The van der Waals surface area contributed by atoms with Gasteiger partial charge in [-0.1, -0.05) is 17.7 Å². The average Bonchev–Trinajstić information content (AvgIpc) is 2.51. The molecular weight excluding hydrogens is 316 g/mol. The maximum absolute atomic E-state index is 12.4. The minimum atomic E-state index is 0.0430. The number of hydrogen-bond donors (Lipinski definition) is 2. The minimum Gasteiger partial charge on any atom is -0.337 e. The van der Waals surface area contributed by atoms with Gasteiger partial charge in [-0.2, -0.15) is 0 Å². The number of urea groups is 1. The molecule has 0 aliphatic heterocycles. The van der Waals surface area contributed by atoms with Crippen molar-refractivity contribution < 1.29 is 4.79 Å². The molecule has 3 nitrogen and oxygen atoms in total.